The van der Waals surface area contributed by atoms with Gasteiger partial charge in [-0.05, 0) is 0 Å². The number of carboxylic acid groups (broad SMARTS) is 1. The molecule has 3 heterocycles. The Labute approximate surface area is 165 Å². The molecule has 1 unspecified atom stereocenters. The standard InChI is InChI=1S/C17H31N7O4/c18-16(19)23-8-5-20(6-9-23)7-10-24-12-14(28-17(24)27)11-21-1-3-22(4-2-21)13-15(25)26/h14H,1-13H2,(H3,18,19)(H,25,26). The third kappa shape index (κ3) is 5.69. The molecule has 0 bridgehead atoms. The van der Waals surface area contributed by atoms with Crippen LogP contribution in [-0.2, 0) is 9.53 Å². The van der Waals surface area contributed by atoms with Crippen LogP contribution >= 0.6 is 0 Å². The monoisotopic (exact) mass is 397 g/mol. The molecule has 1 atom stereocenters. The van der Waals surface area contributed by atoms with E-state index in [9.17, 15) is 9.59 Å². The molecule has 3 rings (SSSR count). The van der Waals surface area contributed by atoms with Crippen molar-refractivity contribution in [2.24, 2.45) is 5.73 Å². The smallest absolute Gasteiger partial charge is 0.410 e. The zero-order valence-electron chi connectivity index (χ0n) is 16.3. The number of aliphatic carboxylic acids is 1. The number of carboxylic acids is 1. The van der Waals surface area contributed by atoms with Gasteiger partial charge < -0.3 is 25.4 Å². The van der Waals surface area contributed by atoms with Gasteiger partial charge in [0, 0.05) is 72.0 Å². The lowest BCUT2D eigenvalue weighted by atomic mass is 10.2. The number of hydrogen-bond donors (Lipinski definition) is 3. The molecule has 0 spiro atoms. The molecule has 1 amide bonds. The Kier molecular flexibility index (Phi) is 6.92. The molecule has 28 heavy (non-hydrogen) atoms. The molecule has 0 aromatic carbocycles. The van der Waals surface area contributed by atoms with Gasteiger partial charge in [-0.3, -0.25) is 24.9 Å². The largest absolute Gasteiger partial charge is 0.480 e. The first-order valence-corrected chi connectivity index (χ1v) is 9.84. The molecule has 0 aromatic rings. The van der Waals surface area contributed by atoms with Gasteiger partial charge in [-0.1, -0.05) is 0 Å². The molecule has 3 aliphatic heterocycles. The Morgan fingerprint density at radius 3 is 2.25 bits per heavy atom. The zero-order valence-corrected chi connectivity index (χ0v) is 16.3. The Morgan fingerprint density at radius 1 is 1.04 bits per heavy atom. The number of hydrogen-bond acceptors (Lipinski definition) is 7. The van der Waals surface area contributed by atoms with E-state index in [1.54, 1.807) is 4.90 Å². The first kappa shape index (κ1) is 20.6. The van der Waals surface area contributed by atoms with Crippen LogP contribution in [-0.4, -0.2) is 139 Å². The highest BCUT2D eigenvalue weighted by Gasteiger charge is 2.33. The van der Waals surface area contributed by atoms with Gasteiger partial charge in [-0.15, -0.1) is 0 Å². The molecule has 3 fully saturated rings. The predicted molar refractivity (Wildman–Crippen MR) is 102 cm³/mol. The van der Waals surface area contributed by atoms with Gasteiger partial charge in [0.15, 0.2) is 5.96 Å². The number of nitrogens with zero attached hydrogens (tertiary/aromatic N) is 5. The van der Waals surface area contributed by atoms with E-state index in [0.717, 1.165) is 58.9 Å². The lowest BCUT2D eigenvalue weighted by Crippen LogP contribution is -2.52. The fourth-order valence-corrected chi connectivity index (χ4v) is 3.94. The molecule has 11 nitrogen and oxygen atoms in total. The zero-order chi connectivity index (χ0) is 20.1. The van der Waals surface area contributed by atoms with E-state index in [1.165, 1.54) is 0 Å². The average molecular weight is 397 g/mol. The van der Waals surface area contributed by atoms with Gasteiger partial charge in [0.1, 0.15) is 6.10 Å². The van der Waals surface area contributed by atoms with E-state index in [1.807, 2.05) is 9.80 Å². The van der Waals surface area contributed by atoms with E-state index in [0.29, 0.717) is 19.6 Å². The average Bonchev–Trinajstić information content (AvgIpc) is 3.00. The van der Waals surface area contributed by atoms with E-state index in [-0.39, 0.29) is 24.7 Å². The van der Waals surface area contributed by atoms with Crippen molar-refractivity contribution in [1.82, 2.24) is 24.5 Å². The fourth-order valence-electron chi connectivity index (χ4n) is 3.94. The third-order valence-corrected chi connectivity index (χ3v) is 5.63. The van der Waals surface area contributed by atoms with Gasteiger partial charge in [0.05, 0.1) is 13.1 Å². The number of carbonyl (C=O) groups is 2. The van der Waals surface area contributed by atoms with E-state index >= 15 is 0 Å². The number of amides is 1. The van der Waals surface area contributed by atoms with Crippen molar-refractivity contribution in [2.75, 3.05) is 85.1 Å². The summed E-state index contributed by atoms with van der Waals surface area (Å²) in [5.74, 6) is -0.675. The number of nitrogens with two attached hydrogens (primary N) is 1. The first-order valence-electron chi connectivity index (χ1n) is 9.84. The second kappa shape index (κ2) is 9.39. The molecule has 0 aliphatic carbocycles. The molecule has 0 radical (unpaired) electrons. The third-order valence-electron chi connectivity index (χ3n) is 5.63. The number of guanidine groups is 1. The number of nitrogens with one attached hydrogen (secondary N) is 1. The van der Waals surface area contributed by atoms with Crippen molar-refractivity contribution >= 4 is 18.0 Å². The van der Waals surface area contributed by atoms with Crippen LogP contribution in [0.1, 0.15) is 0 Å². The minimum absolute atomic E-state index is 0.0840. The minimum atomic E-state index is -0.795. The number of carbonyl (C=O) groups excluding carboxylic acids is 1. The van der Waals surface area contributed by atoms with Crippen LogP contribution in [0.4, 0.5) is 4.79 Å². The van der Waals surface area contributed by atoms with Crippen LogP contribution in [0.25, 0.3) is 0 Å². The maximum atomic E-state index is 12.2. The van der Waals surface area contributed by atoms with Crippen LogP contribution in [0.15, 0.2) is 0 Å². The van der Waals surface area contributed by atoms with Gasteiger partial charge in [0.25, 0.3) is 0 Å². The van der Waals surface area contributed by atoms with Crippen LogP contribution in [0.3, 0.4) is 0 Å². The minimum Gasteiger partial charge on any atom is -0.480 e. The highest BCUT2D eigenvalue weighted by molar-refractivity contribution is 5.74. The predicted octanol–water partition coefficient (Wildman–Crippen LogP) is -1.98. The van der Waals surface area contributed by atoms with Crippen molar-refractivity contribution in [1.29, 1.82) is 5.41 Å². The molecule has 0 aromatic heterocycles. The second-order valence-corrected chi connectivity index (χ2v) is 7.64. The summed E-state index contributed by atoms with van der Waals surface area (Å²) in [5.41, 5.74) is 5.51. The molecule has 3 aliphatic rings. The van der Waals surface area contributed by atoms with Crippen molar-refractivity contribution < 1.29 is 19.4 Å². The Balaban J connectivity index is 1.34. The summed E-state index contributed by atoms with van der Waals surface area (Å²) < 4.78 is 5.52. The highest BCUT2D eigenvalue weighted by Crippen LogP contribution is 2.14. The van der Waals surface area contributed by atoms with Gasteiger partial charge in [-0.2, -0.15) is 0 Å². The molecule has 4 N–H and O–H groups in total. The van der Waals surface area contributed by atoms with Crippen molar-refractivity contribution in [2.45, 2.75) is 6.10 Å². The SMILES string of the molecule is N=C(N)N1CCN(CCN2CC(CN3CCN(CC(=O)O)CC3)OC2=O)CC1. The van der Waals surface area contributed by atoms with E-state index < -0.39 is 5.97 Å². The van der Waals surface area contributed by atoms with Crippen LogP contribution in [0.5, 0.6) is 0 Å². The van der Waals surface area contributed by atoms with E-state index in [4.69, 9.17) is 21.0 Å². The van der Waals surface area contributed by atoms with Gasteiger partial charge in [0.2, 0.25) is 0 Å². The summed E-state index contributed by atoms with van der Waals surface area (Å²) in [6.45, 7) is 9.02. The van der Waals surface area contributed by atoms with Crippen molar-refractivity contribution in [3.63, 3.8) is 0 Å². The van der Waals surface area contributed by atoms with Crippen molar-refractivity contribution in [3.8, 4) is 0 Å². The number of piperazine rings is 2. The Hall–Kier alpha value is -2.11. The Bertz CT molecular complexity index is 574. The summed E-state index contributed by atoms with van der Waals surface area (Å²) in [6.07, 6.45) is -0.384. The van der Waals surface area contributed by atoms with Gasteiger partial charge >= 0.3 is 12.1 Å². The maximum absolute atomic E-state index is 12.2. The molecule has 11 heteroatoms. The number of rotatable bonds is 7. The van der Waals surface area contributed by atoms with Crippen LogP contribution in [0, 0.1) is 5.41 Å². The summed E-state index contributed by atoms with van der Waals surface area (Å²) in [7, 11) is 0. The molecule has 3 saturated heterocycles. The highest BCUT2D eigenvalue weighted by atomic mass is 16.6. The quantitative estimate of drug-likeness (QED) is 0.330. The van der Waals surface area contributed by atoms with E-state index in [2.05, 4.69) is 9.80 Å². The lowest BCUT2D eigenvalue weighted by Gasteiger charge is -2.35. The van der Waals surface area contributed by atoms with Crippen molar-refractivity contribution in [3.05, 3.63) is 0 Å². The summed E-state index contributed by atoms with van der Waals surface area (Å²) in [4.78, 5) is 33.0. The topological polar surface area (TPSA) is 130 Å². The Morgan fingerprint density at radius 2 is 1.64 bits per heavy atom. The molecular weight excluding hydrogens is 366 g/mol. The molecular formula is C17H31N7O4. The fraction of sp³-hybridized carbons (Fsp3) is 0.824. The van der Waals surface area contributed by atoms with Crippen LogP contribution < -0.4 is 5.73 Å². The summed E-state index contributed by atoms with van der Waals surface area (Å²) >= 11 is 0. The number of cyclic esters (lactones) is 1. The molecule has 0 saturated carbocycles. The van der Waals surface area contributed by atoms with Gasteiger partial charge in [-0.25, -0.2) is 4.79 Å². The summed E-state index contributed by atoms with van der Waals surface area (Å²) in [6, 6.07) is 0. The lowest BCUT2D eigenvalue weighted by molar-refractivity contribution is -0.138. The maximum Gasteiger partial charge on any atom is 0.410 e. The normalized spacial score (nSPS) is 25.1. The second-order valence-electron chi connectivity index (χ2n) is 7.64. The van der Waals surface area contributed by atoms with Crippen LogP contribution in [0.2, 0.25) is 0 Å². The number of ether oxygens (including phenoxy) is 1. The first-order chi connectivity index (χ1) is 13.4. The molecule has 158 valence electrons. The summed E-state index contributed by atoms with van der Waals surface area (Å²) in [5, 5.41) is 16.3.